The number of rotatable bonds is 2. The summed E-state index contributed by atoms with van der Waals surface area (Å²) >= 11 is 0. The predicted octanol–water partition coefficient (Wildman–Crippen LogP) is 0.440. The lowest BCUT2D eigenvalue weighted by Gasteiger charge is -2.23. The number of fused-ring (bicyclic) bond motifs is 1. The molecule has 0 aliphatic carbocycles. The normalized spacial score (nSPS) is 23.2. The van der Waals surface area contributed by atoms with E-state index in [9.17, 15) is 9.18 Å². The van der Waals surface area contributed by atoms with Gasteiger partial charge in [-0.3, -0.25) is 4.79 Å². The maximum Gasteiger partial charge on any atom is 0.240 e. The zero-order valence-corrected chi connectivity index (χ0v) is 10.5. The highest BCUT2D eigenvalue weighted by molar-refractivity contribution is 5.86. The Morgan fingerprint density at radius 2 is 2.37 bits per heavy atom. The number of alkyl halides is 1. The summed E-state index contributed by atoms with van der Waals surface area (Å²) in [6.07, 6.45) is 2.35. The van der Waals surface area contributed by atoms with Crippen LogP contribution in [-0.2, 0) is 4.79 Å². The Kier molecular flexibility index (Phi) is 2.62. The Labute approximate surface area is 109 Å². The van der Waals surface area contributed by atoms with E-state index in [4.69, 9.17) is 5.73 Å². The third kappa shape index (κ3) is 1.91. The second-order valence-corrected chi connectivity index (χ2v) is 4.77. The lowest BCUT2D eigenvalue weighted by molar-refractivity contribution is -0.119. The molecular formula is C12H14FN5O. The molecule has 0 unspecified atom stereocenters. The van der Waals surface area contributed by atoms with Crippen molar-refractivity contribution >= 4 is 17.2 Å². The Bertz CT molecular complexity index is 640. The van der Waals surface area contributed by atoms with E-state index in [1.807, 2.05) is 13.0 Å². The molecule has 1 aliphatic rings. The number of carbonyl (C=O) groups is 1. The van der Waals surface area contributed by atoms with Crippen molar-refractivity contribution in [2.45, 2.75) is 25.6 Å². The fourth-order valence-electron chi connectivity index (χ4n) is 2.54. The van der Waals surface area contributed by atoms with Crippen LogP contribution in [0.5, 0.6) is 0 Å². The van der Waals surface area contributed by atoms with Crippen molar-refractivity contribution in [2.75, 3.05) is 11.4 Å². The second kappa shape index (κ2) is 4.18. The number of primary amides is 1. The van der Waals surface area contributed by atoms with E-state index < -0.39 is 18.1 Å². The van der Waals surface area contributed by atoms with Gasteiger partial charge < -0.3 is 10.6 Å². The number of carbonyl (C=O) groups excluding carboxylic acids is 1. The van der Waals surface area contributed by atoms with Crippen molar-refractivity contribution in [3.63, 3.8) is 0 Å². The van der Waals surface area contributed by atoms with Gasteiger partial charge >= 0.3 is 0 Å². The summed E-state index contributed by atoms with van der Waals surface area (Å²) in [6, 6.07) is 1.20. The third-order valence-corrected chi connectivity index (χ3v) is 3.34. The fraction of sp³-hybridized carbons (Fsp3) is 0.417. The largest absolute Gasteiger partial charge is 0.368 e. The molecule has 1 amide bonds. The van der Waals surface area contributed by atoms with E-state index >= 15 is 0 Å². The van der Waals surface area contributed by atoms with E-state index in [0.717, 1.165) is 11.2 Å². The van der Waals surface area contributed by atoms with Crippen LogP contribution in [-0.4, -0.2) is 39.3 Å². The van der Waals surface area contributed by atoms with Crippen LogP contribution in [0.25, 0.3) is 5.52 Å². The fourth-order valence-corrected chi connectivity index (χ4v) is 2.54. The number of halogens is 1. The van der Waals surface area contributed by atoms with E-state index in [1.165, 1.54) is 0 Å². The number of amides is 1. The number of hydrogen-bond donors (Lipinski definition) is 1. The van der Waals surface area contributed by atoms with Crippen LogP contribution in [0, 0.1) is 6.92 Å². The summed E-state index contributed by atoms with van der Waals surface area (Å²) in [7, 11) is 0. The van der Waals surface area contributed by atoms with Gasteiger partial charge in [0.2, 0.25) is 5.91 Å². The first-order valence-corrected chi connectivity index (χ1v) is 6.07. The molecule has 7 heteroatoms. The molecule has 2 aromatic heterocycles. The van der Waals surface area contributed by atoms with Gasteiger partial charge in [-0.2, -0.15) is 5.10 Å². The molecule has 19 heavy (non-hydrogen) atoms. The molecule has 0 aromatic carbocycles. The summed E-state index contributed by atoms with van der Waals surface area (Å²) in [6.45, 7) is 1.99. The van der Waals surface area contributed by atoms with Crippen LogP contribution in [0.3, 0.4) is 0 Å². The summed E-state index contributed by atoms with van der Waals surface area (Å²) < 4.78 is 15.2. The Morgan fingerprint density at radius 1 is 1.58 bits per heavy atom. The van der Waals surface area contributed by atoms with Crippen molar-refractivity contribution in [3.05, 3.63) is 24.2 Å². The summed E-state index contributed by atoms with van der Waals surface area (Å²) in [5.74, 6) is 0.0206. The average Bonchev–Trinajstić information content (AvgIpc) is 2.90. The van der Waals surface area contributed by atoms with Gasteiger partial charge in [-0.1, -0.05) is 0 Å². The molecule has 3 heterocycles. The van der Waals surface area contributed by atoms with Crippen LogP contribution in [0.15, 0.2) is 18.5 Å². The Balaban J connectivity index is 2.10. The van der Waals surface area contributed by atoms with Crippen molar-refractivity contribution in [1.82, 2.24) is 14.6 Å². The molecule has 1 aliphatic heterocycles. The average molecular weight is 263 g/mol. The van der Waals surface area contributed by atoms with Crippen molar-refractivity contribution in [2.24, 2.45) is 5.73 Å². The SMILES string of the molecule is Cc1cc2c(N3C[C@H](F)C[C@H]3C(N)=O)nccn2n1. The molecule has 1 saturated heterocycles. The standard InChI is InChI=1S/C12H14FN5O/c1-7-4-10-12(15-2-3-18(10)16-7)17-6-8(13)5-9(17)11(14)19/h2-4,8-9H,5-6H2,1H3,(H2,14,19)/t8-,9+/m1/s1. The molecule has 0 bridgehead atoms. The van der Waals surface area contributed by atoms with Gasteiger partial charge in [0.15, 0.2) is 5.82 Å². The molecular weight excluding hydrogens is 249 g/mol. The highest BCUT2D eigenvalue weighted by atomic mass is 19.1. The zero-order valence-electron chi connectivity index (χ0n) is 10.5. The van der Waals surface area contributed by atoms with Crippen molar-refractivity contribution in [3.8, 4) is 0 Å². The maximum absolute atomic E-state index is 13.6. The van der Waals surface area contributed by atoms with E-state index in [0.29, 0.717) is 5.82 Å². The minimum atomic E-state index is -1.07. The van der Waals surface area contributed by atoms with Gasteiger partial charge in [-0.15, -0.1) is 0 Å². The van der Waals surface area contributed by atoms with Crippen molar-refractivity contribution < 1.29 is 9.18 Å². The smallest absolute Gasteiger partial charge is 0.240 e. The van der Waals surface area contributed by atoms with E-state index in [2.05, 4.69) is 10.1 Å². The minimum absolute atomic E-state index is 0.116. The topological polar surface area (TPSA) is 76.5 Å². The third-order valence-electron chi connectivity index (χ3n) is 3.34. The van der Waals surface area contributed by atoms with E-state index in [-0.39, 0.29) is 13.0 Å². The number of nitrogens with two attached hydrogens (primary N) is 1. The second-order valence-electron chi connectivity index (χ2n) is 4.77. The molecule has 0 saturated carbocycles. The molecule has 3 rings (SSSR count). The molecule has 0 spiro atoms. The van der Waals surface area contributed by atoms with Crippen LogP contribution in [0.1, 0.15) is 12.1 Å². The zero-order chi connectivity index (χ0) is 13.6. The highest BCUT2D eigenvalue weighted by Gasteiger charge is 2.37. The Hall–Kier alpha value is -2.18. The minimum Gasteiger partial charge on any atom is -0.368 e. The summed E-state index contributed by atoms with van der Waals surface area (Å²) in [4.78, 5) is 17.3. The number of aromatic nitrogens is 3. The number of nitrogens with zero attached hydrogens (tertiary/aromatic N) is 4. The Morgan fingerprint density at radius 3 is 3.11 bits per heavy atom. The van der Waals surface area contributed by atoms with Gasteiger partial charge in [0.1, 0.15) is 17.7 Å². The molecule has 0 radical (unpaired) electrons. The first kappa shape index (κ1) is 11.9. The first-order chi connectivity index (χ1) is 9.06. The lowest BCUT2D eigenvalue weighted by atomic mass is 10.2. The molecule has 6 nitrogen and oxygen atoms in total. The molecule has 2 atom stereocenters. The molecule has 2 aromatic rings. The number of aryl methyl sites for hydroxylation is 1. The van der Waals surface area contributed by atoms with Crippen LogP contribution in [0.2, 0.25) is 0 Å². The van der Waals surface area contributed by atoms with Crippen molar-refractivity contribution in [1.29, 1.82) is 0 Å². The number of hydrogen-bond acceptors (Lipinski definition) is 4. The lowest BCUT2D eigenvalue weighted by Crippen LogP contribution is -2.40. The van der Waals surface area contributed by atoms with Gasteiger partial charge in [0.05, 0.1) is 12.2 Å². The van der Waals surface area contributed by atoms with Gasteiger partial charge in [0.25, 0.3) is 0 Å². The molecule has 1 fully saturated rings. The van der Waals surface area contributed by atoms with Crippen LogP contribution >= 0.6 is 0 Å². The maximum atomic E-state index is 13.6. The van der Waals surface area contributed by atoms with Crippen LogP contribution < -0.4 is 10.6 Å². The van der Waals surface area contributed by atoms with Gasteiger partial charge in [-0.05, 0) is 13.0 Å². The monoisotopic (exact) mass is 263 g/mol. The molecule has 2 N–H and O–H groups in total. The molecule has 100 valence electrons. The van der Waals surface area contributed by atoms with E-state index in [1.54, 1.807) is 21.8 Å². The van der Waals surface area contributed by atoms with Gasteiger partial charge in [-0.25, -0.2) is 13.9 Å². The quantitative estimate of drug-likeness (QED) is 0.853. The van der Waals surface area contributed by atoms with Crippen LogP contribution in [0.4, 0.5) is 10.2 Å². The highest BCUT2D eigenvalue weighted by Crippen LogP contribution is 2.29. The number of anilines is 1. The predicted molar refractivity (Wildman–Crippen MR) is 67.6 cm³/mol. The summed E-state index contributed by atoms with van der Waals surface area (Å²) in [5, 5.41) is 4.27. The first-order valence-electron chi connectivity index (χ1n) is 6.07. The van der Waals surface area contributed by atoms with Gasteiger partial charge in [0, 0.05) is 18.8 Å². The summed E-state index contributed by atoms with van der Waals surface area (Å²) in [5.41, 5.74) is 6.92.